The molecular formula is C22H15Cl2F2N5O6S. The fourth-order valence-electron chi connectivity index (χ4n) is 4.74. The molecule has 6 rings (SSSR count). The van der Waals surface area contributed by atoms with Crippen molar-refractivity contribution in [2.75, 3.05) is 0 Å². The number of phenolic OH excluding ortho intramolecular Hbond substituents is 1. The van der Waals surface area contributed by atoms with Crippen LogP contribution in [-0.4, -0.2) is 33.8 Å². The number of nitrogens with one attached hydrogen (secondary N) is 2. The number of H-pyrrole nitrogens is 1. The van der Waals surface area contributed by atoms with E-state index < -0.39 is 55.0 Å². The number of hydrogen-bond acceptors (Lipinski definition) is 8. The minimum Gasteiger partial charge on any atom is -0.507 e. The molecule has 0 saturated heterocycles. The van der Waals surface area contributed by atoms with Gasteiger partial charge in [0, 0.05) is 11.6 Å². The lowest BCUT2D eigenvalue weighted by molar-refractivity contribution is -0.0946. The molecule has 0 spiro atoms. The maximum atomic E-state index is 13.1. The molecule has 16 heteroatoms. The van der Waals surface area contributed by atoms with Crippen molar-refractivity contribution in [1.82, 2.24) is 19.5 Å². The van der Waals surface area contributed by atoms with E-state index in [2.05, 4.69) is 15.9 Å². The second-order valence-corrected chi connectivity index (χ2v) is 11.6. The number of aromatic nitrogens is 3. The van der Waals surface area contributed by atoms with Gasteiger partial charge in [0.15, 0.2) is 11.4 Å². The summed E-state index contributed by atoms with van der Waals surface area (Å²) in [6.07, 6.45) is -2.10. The smallest absolute Gasteiger partial charge is 0.349 e. The highest BCUT2D eigenvalue weighted by Gasteiger charge is 2.69. The monoisotopic (exact) mass is 585 g/mol. The molecule has 3 aliphatic rings. The second kappa shape index (κ2) is 8.77. The molecule has 3 N–H and O–H groups in total. The van der Waals surface area contributed by atoms with Gasteiger partial charge in [-0.3, -0.25) is 9.78 Å². The maximum absolute atomic E-state index is 13.1. The highest BCUT2D eigenvalue weighted by molar-refractivity contribution is 7.89. The molecule has 11 nitrogen and oxygen atoms in total. The molecule has 0 atom stereocenters. The zero-order valence-electron chi connectivity index (χ0n) is 18.8. The summed E-state index contributed by atoms with van der Waals surface area (Å²) in [4.78, 5) is 24.9. The average molecular weight is 586 g/mol. The van der Waals surface area contributed by atoms with Gasteiger partial charge in [0.1, 0.15) is 16.4 Å². The third-order valence-corrected chi connectivity index (χ3v) is 8.52. The first kappa shape index (κ1) is 26.1. The molecular weight excluding hydrogens is 571 g/mol. The zero-order valence-corrected chi connectivity index (χ0v) is 21.2. The highest BCUT2D eigenvalue weighted by atomic mass is 35.5. The molecule has 1 heterocycles. The number of alkyl halides is 2. The van der Waals surface area contributed by atoms with Crippen molar-refractivity contribution in [3.05, 3.63) is 66.9 Å². The quantitative estimate of drug-likeness (QED) is 0.379. The Kier molecular flexibility index (Phi) is 6.03. The Morgan fingerprint density at radius 2 is 1.82 bits per heavy atom. The standard InChI is InChI=1S/C22H15Cl2F2N5O6S/c23-12-3-10(31-20(34)28-19(33)16(29-31)18(25)26)4-13(24)17(12)37-11-1-2-14(32)15(5-11)38(35,36)30-22-6-21(7-22,8-22)9-27/h1-5,18,30,32H,6-8H2,(H,28,33,34). The van der Waals surface area contributed by atoms with Crippen LogP contribution in [0.1, 0.15) is 31.4 Å². The van der Waals surface area contributed by atoms with Gasteiger partial charge in [-0.25, -0.2) is 26.7 Å². The van der Waals surface area contributed by atoms with Crippen LogP contribution in [0.15, 0.2) is 44.8 Å². The first-order chi connectivity index (χ1) is 17.8. The van der Waals surface area contributed by atoms with Crippen molar-refractivity contribution in [2.45, 2.75) is 36.1 Å². The molecule has 2 bridgehead atoms. The van der Waals surface area contributed by atoms with Gasteiger partial charge >= 0.3 is 5.69 Å². The van der Waals surface area contributed by atoms with Crippen LogP contribution in [0.25, 0.3) is 5.69 Å². The van der Waals surface area contributed by atoms with Gasteiger partial charge < -0.3 is 9.84 Å². The minimum absolute atomic E-state index is 0.0786. The van der Waals surface area contributed by atoms with Crippen LogP contribution in [0, 0.1) is 16.7 Å². The third kappa shape index (κ3) is 4.31. The first-order valence-corrected chi connectivity index (χ1v) is 13.0. The lowest BCUT2D eigenvalue weighted by Crippen LogP contribution is -2.74. The fourth-order valence-corrected chi connectivity index (χ4v) is 6.81. The summed E-state index contributed by atoms with van der Waals surface area (Å²) in [5.41, 5.74) is -5.03. The van der Waals surface area contributed by atoms with Crippen molar-refractivity contribution < 1.29 is 27.0 Å². The summed E-state index contributed by atoms with van der Waals surface area (Å²) in [6.45, 7) is 0. The van der Waals surface area contributed by atoms with E-state index in [4.69, 9.17) is 33.2 Å². The summed E-state index contributed by atoms with van der Waals surface area (Å²) < 4.78 is 60.7. The second-order valence-electron chi connectivity index (χ2n) is 9.14. The molecule has 0 amide bonds. The number of hydrogen-bond donors (Lipinski definition) is 3. The van der Waals surface area contributed by atoms with Crippen molar-refractivity contribution in [1.29, 1.82) is 5.26 Å². The van der Waals surface area contributed by atoms with Crippen LogP contribution in [0.5, 0.6) is 17.2 Å². The van der Waals surface area contributed by atoms with Gasteiger partial charge in [-0.15, -0.1) is 0 Å². The zero-order chi connectivity index (χ0) is 27.6. The lowest BCUT2D eigenvalue weighted by atomic mass is 9.40. The molecule has 3 aromatic rings. The largest absolute Gasteiger partial charge is 0.507 e. The van der Waals surface area contributed by atoms with E-state index in [1.807, 2.05) is 0 Å². The molecule has 2 aromatic carbocycles. The van der Waals surface area contributed by atoms with E-state index in [9.17, 15) is 31.9 Å². The Morgan fingerprint density at radius 3 is 2.39 bits per heavy atom. The third-order valence-electron chi connectivity index (χ3n) is 6.35. The van der Waals surface area contributed by atoms with Gasteiger partial charge in [-0.1, -0.05) is 23.2 Å². The molecule has 198 valence electrons. The Morgan fingerprint density at radius 1 is 1.18 bits per heavy atom. The summed E-state index contributed by atoms with van der Waals surface area (Å²) in [5.74, 6) is -0.802. The number of sulfonamides is 1. The number of halogens is 4. The first-order valence-electron chi connectivity index (χ1n) is 10.7. The Bertz CT molecular complexity index is 1730. The lowest BCUT2D eigenvalue weighted by Gasteiger charge is -2.66. The van der Waals surface area contributed by atoms with Crippen molar-refractivity contribution in [3.63, 3.8) is 0 Å². The Hall–Kier alpha value is -3.51. The highest BCUT2D eigenvalue weighted by Crippen LogP contribution is 2.67. The van der Waals surface area contributed by atoms with E-state index in [0.717, 1.165) is 24.3 Å². The van der Waals surface area contributed by atoms with E-state index in [1.165, 1.54) is 6.07 Å². The number of aromatic hydroxyl groups is 1. The maximum Gasteiger partial charge on any atom is 0.349 e. The van der Waals surface area contributed by atoms with Crippen LogP contribution in [0.3, 0.4) is 0 Å². The average Bonchev–Trinajstić information content (AvgIpc) is 2.78. The van der Waals surface area contributed by atoms with E-state index in [1.54, 1.807) is 4.98 Å². The van der Waals surface area contributed by atoms with Crippen molar-refractivity contribution in [2.24, 2.45) is 5.41 Å². The topological polar surface area (TPSA) is 167 Å². The number of rotatable bonds is 7. The number of benzene rings is 2. The number of nitriles is 1. The predicted octanol–water partition coefficient (Wildman–Crippen LogP) is 3.39. The molecule has 3 saturated carbocycles. The van der Waals surface area contributed by atoms with Crippen LogP contribution in [0.4, 0.5) is 8.78 Å². The van der Waals surface area contributed by atoms with Crippen LogP contribution >= 0.6 is 23.2 Å². The molecule has 1 aromatic heterocycles. The molecule has 0 radical (unpaired) electrons. The van der Waals surface area contributed by atoms with E-state index in [0.29, 0.717) is 23.9 Å². The molecule has 3 aliphatic carbocycles. The summed E-state index contributed by atoms with van der Waals surface area (Å²) in [5, 5.41) is 22.3. The Labute approximate surface area is 222 Å². The van der Waals surface area contributed by atoms with Gasteiger partial charge in [0.25, 0.3) is 12.0 Å². The van der Waals surface area contributed by atoms with Crippen molar-refractivity contribution >= 4 is 33.2 Å². The van der Waals surface area contributed by atoms with Gasteiger partial charge in [-0.2, -0.15) is 15.0 Å². The van der Waals surface area contributed by atoms with E-state index in [-0.39, 0.29) is 27.2 Å². The summed E-state index contributed by atoms with van der Waals surface area (Å²) >= 11 is 12.5. The molecule has 0 aliphatic heterocycles. The number of phenols is 1. The predicted molar refractivity (Wildman–Crippen MR) is 129 cm³/mol. The normalized spacial score (nSPS) is 21.9. The fraction of sp³-hybridized carbons (Fsp3) is 0.273. The number of aromatic amines is 1. The summed E-state index contributed by atoms with van der Waals surface area (Å²) in [6, 6.07) is 7.79. The molecule has 0 unspecified atom stereocenters. The Balaban J connectivity index is 1.43. The number of nitrogens with zero attached hydrogens (tertiary/aromatic N) is 3. The minimum atomic E-state index is -4.20. The SMILES string of the molecule is N#CC12CC(NS(=O)(=O)c3cc(Oc4c(Cl)cc(-n5nc(C(F)F)c(=O)[nH]c5=O)cc4Cl)ccc3O)(C1)C2. The van der Waals surface area contributed by atoms with Crippen molar-refractivity contribution in [3.8, 4) is 29.0 Å². The molecule has 3 fully saturated rings. The number of ether oxygens (including phenoxy) is 1. The summed E-state index contributed by atoms with van der Waals surface area (Å²) in [7, 11) is -4.20. The van der Waals surface area contributed by atoms with Gasteiger partial charge in [0.05, 0.1) is 27.2 Å². The molecule has 38 heavy (non-hydrogen) atoms. The van der Waals surface area contributed by atoms with Crippen LogP contribution in [0.2, 0.25) is 10.0 Å². The van der Waals surface area contributed by atoms with Gasteiger partial charge in [0.2, 0.25) is 10.0 Å². The van der Waals surface area contributed by atoms with E-state index >= 15 is 0 Å². The van der Waals surface area contributed by atoms with Gasteiger partial charge in [-0.05, 0) is 43.5 Å². The van der Waals surface area contributed by atoms with Crippen LogP contribution < -0.4 is 20.7 Å². The van der Waals surface area contributed by atoms with Crippen LogP contribution in [-0.2, 0) is 10.0 Å².